The summed E-state index contributed by atoms with van der Waals surface area (Å²) in [6, 6.07) is 14.4. The maximum absolute atomic E-state index is 13.3. The minimum atomic E-state index is -0.212. The lowest BCUT2D eigenvalue weighted by molar-refractivity contribution is 0.605. The molecule has 7 heteroatoms. The molecule has 5 aromatic rings. The number of benzene rings is 1. The third kappa shape index (κ3) is 4.24. The first-order valence-electron chi connectivity index (χ1n) is 11.3. The number of nitrogens with one attached hydrogen (secondary N) is 2. The topological polar surface area (TPSA) is 101 Å². The minimum Gasteiger partial charge on any atom is -0.455 e. The lowest BCUT2D eigenvalue weighted by Crippen LogP contribution is -2.13. The van der Waals surface area contributed by atoms with E-state index in [1.54, 1.807) is 37.8 Å². The predicted molar refractivity (Wildman–Crippen MR) is 138 cm³/mol. The molecule has 0 aliphatic carbocycles. The van der Waals surface area contributed by atoms with E-state index in [4.69, 9.17) is 4.42 Å². The summed E-state index contributed by atoms with van der Waals surface area (Å²) in [6.45, 7) is 5.76. The Bertz CT molecular complexity index is 1640. The standard InChI is InChI=1S/C28H24N4O3/c1-16-12-21(18(3)32-23-7-5-11-30-25(23)19-8-9-24(33)31-15-19)28-22(13-16)26(34)17(2)27(35-28)20-6-4-10-29-14-20/h4-15,18,32H,1-3H3,(H,31,33). The average molecular weight is 465 g/mol. The third-order valence-electron chi connectivity index (χ3n) is 6.02. The Morgan fingerprint density at radius 2 is 1.83 bits per heavy atom. The molecule has 7 nitrogen and oxygen atoms in total. The average Bonchev–Trinajstić information content (AvgIpc) is 2.87. The number of H-pyrrole nitrogens is 1. The SMILES string of the molecule is Cc1cc(C(C)Nc2cccnc2-c2ccc(=O)[nH]c2)c2oc(-c3cccnc3)c(C)c(=O)c2c1. The molecule has 0 radical (unpaired) electrons. The van der Waals surface area contributed by atoms with Crippen LogP contribution in [0.1, 0.15) is 29.7 Å². The molecule has 1 atom stereocenters. The quantitative estimate of drug-likeness (QED) is 0.361. The molecule has 5 rings (SSSR count). The van der Waals surface area contributed by atoms with E-state index in [-0.39, 0.29) is 17.0 Å². The molecule has 2 N–H and O–H groups in total. The van der Waals surface area contributed by atoms with Crippen LogP contribution in [0, 0.1) is 13.8 Å². The van der Waals surface area contributed by atoms with Crippen LogP contribution in [0.25, 0.3) is 33.6 Å². The monoisotopic (exact) mass is 464 g/mol. The highest BCUT2D eigenvalue weighted by Gasteiger charge is 2.20. The van der Waals surface area contributed by atoms with Gasteiger partial charge in [0.2, 0.25) is 5.56 Å². The summed E-state index contributed by atoms with van der Waals surface area (Å²) in [6.07, 6.45) is 6.73. The van der Waals surface area contributed by atoms with Gasteiger partial charge in [-0.1, -0.05) is 6.07 Å². The van der Waals surface area contributed by atoms with E-state index in [2.05, 4.69) is 20.3 Å². The zero-order valence-corrected chi connectivity index (χ0v) is 19.6. The van der Waals surface area contributed by atoms with Crippen molar-refractivity contribution >= 4 is 16.7 Å². The van der Waals surface area contributed by atoms with Crippen molar-refractivity contribution in [2.24, 2.45) is 0 Å². The number of rotatable bonds is 5. The van der Waals surface area contributed by atoms with E-state index in [1.807, 2.05) is 50.2 Å². The molecule has 0 saturated heterocycles. The highest BCUT2D eigenvalue weighted by molar-refractivity contribution is 5.85. The molecule has 0 aliphatic rings. The van der Waals surface area contributed by atoms with E-state index in [0.29, 0.717) is 28.0 Å². The first-order valence-corrected chi connectivity index (χ1v) is 11.3. The van der Waals surface area contributed by atoms with Gasteiger partial charge in [-0.3, -0.25) is 19.6 Å². The number of aromatic amines is 1. The van der Waals surface area contributed by atoms with Gasteiger partial charge in [0.1, 0.15) is 11.3 Å². The molecule has 0 aliphatic heterocycles. The van der Waals surface area contributed by atoms with Crippen molar-refractivity contribution in [3.63, 3.8) is 0 Å². The maximum atomic E-state index is 13.3. The van der Waals surface area contributed by atoms with E-state index >= 15 is 0 Å². The smallest absolute Gasteiger partial charge is 0.247 e. The first-order chi connectivity index (χ1) is 16.9. The van der Waals surface area contributed by atoms with Crippen molar-refractivity contribution in [3.8, 4) is 22.6 Å². The molecule has 1 unspecified atom stereocenters. The van der Waals surface area contributed by atoms with Crippen molar-refractivity contribution in [3.05, 3.63) is 111 Å². The summed E-state index contributed by atoms with van der Waals surface area (Å²) < 4.78 is 6.40. The van der Waals surface area contributed by atoms with Gasteiger partial charge in [0.25, 0.3) is 0 Å². The summed E-state index contributed by atoms with van der Waals surface area (Å²) in [5.74, 6) is 0.517. The Morgan fingerprint density at radius 3 is 2.57 bits per heavy atom. The zero-order chi connectivity index (χ0) is 24.5. The lowest BCUT2D eigenvalue weighted by Gasteiger charge is -2.20. The molecule has 4 heterocycles. The van der Waals surface area contributed by atoms with Gasteiger partial charge in [0.05, 0.1) is 22.8 Å². The molecule has 0 amide bonds. The van der Waals surface area contributed by atoms with E-state index in [9.17, 15) is 9.59 Å². The molecular weight excluding hydrogens is 440 g/mol. The van der Waals surface area contributed by atoms with Gasteiger partial charge in [0.15, 0.2) is 5.43 Å². The van der Waals surface area contributed by atoms with Crippen LogP contribution >= 0.6 is 0 Å². The first kappa shape index (κ1) is 22.3. The lowest BCUT2D eigenvalue weighted by atomic mass is 9.99. The Labute approximate surface area is 201 Å². The number of aromatic nitrogens is 3. The van der Waals surface area contributed by atoms with Gasteiger partial charge < -0.3 is 14.7 Å². The van der Waals surface area contributed by atoms with Gasteiger partial charge in [-0.05, 0) is 62.7 Å². The molecule has 0 bridgehead atoms. The van der Waals surface area contributed by atoms with Crippen molar-refractivity contribution in [1.29, 1.82) is 0 Å². The van der Waals surface area contributed by atoms with Crippen LogP contribution < -0.4 is 16.3 Å². The molecule has 174 valence electrons. The van der Waals surface area contributed by atoms with Crippen LogP contribution in [0.2, 0.25) is 0 Å². The van der Waals surface area contributed by atoms with Crippen molar-refractivity contribution < 1.29 is 4.42 Å². The van der Waals surface area contributed by atoms with Gasteiger partial charge in [-0.25, -0.2) is 0 Å². The maximum Gasteiger partial charge on any atom is 0.247 e. The summed E-state index contributed by atoms with van der Waals surface area (Å²) in [7, 11) is 0. The fraction of sp³-hybridized carbons (Fsp3) is 0.143. The fourth-order valence-corrected chi connectivity index (χ4v) is 4.28. The second kappa shape index (κ2) is 9.02. The van der Waals surface area contributed by atoms with Gasteiger partial charge in [-0.15, -0.1) is 0 Å². The van der Waals surface area contributed by atoms with Gasteiger partial charge in [-0.2, -0.15) is 0 Å². The van der Waals surface area contributed by atoms with Crippen molar-refractivity contribution in [1.82, 2.24) is 15.0 Å². The predicted octanol–water partition coefficient (Wildman–Crippen LogP) is 5.40. The second-order valence-corrected chi connectivity index (χ2v) is 8.57. The summed E-state index contributed by atoms with van der Waals surface area (Å²) in [4.78, 5) is 36.2. The molecule has 35 heavy (non-hydrogen) atoms. The van der Waals surface area contributed by atoms with Crippen molar-refractivity contribution in [2.45, 2.75) is 26.8 Å². The zero-order valence-electron chi connectivity index (χ0n) is 19.6. The Morgan fingerprint density at radius 1 is 1.00 bits per heavy atom. The number of aryl methyl sites for hydroxylation is 1. The highest BCUT2D eigenvalue weighted by Crippen LogP contribution is 2.33. The van der Waals surface area contributed by atoms with Crippen molar-refractivity contribution in [2.75, 3.05) is 5.32 Å². The van der Waals surface area contributed by atoms with Crippen LogP contribution in [0.4, 0.5) is 5.69 Å². The normalized spacial score (nSPS) is 12.0. The minimum absolute atomic E-state index is 0.0578. The number of fused-ring (bicyclic) bond motifs is 1. The van der Waals surface area contributed by atoms with E-state index in [0.717, 1.165) is 27.9 Å². The molecular formula is C28H24N4O3. The Hall–Kier alpha value is -4.52. The number of pyridine rings is 3. The fourth-order valence-electron chi connectivity index (χ4n) is 4.28. The van der Waals surface area contributed by atoms with Gasteiger partial charge in [0, 0.05) is 53.1 Å². The molecule has 4 aromatic heterocycles. The summed E-state index contributed by atoms with van der Waals surface area (Å²) >= 11 is 0. The number of anilines is 1. The van der Waals surface area contributed by atoms with Crippen LogP contribution in [-0.2, 0) is 0 Å². The van der Waals surface area contributed by atoms with Crippen LogP contribution in [0.15, 0.2) is 87.3 Å². The number of hydrogen-bond donors (Lipinski definition) is 2. The van der Waals surface area contributed by atoms with Crippen LogP contribution in [-0.4, -0.2) is 15.0 Å². The largest absolute Gasteiger partial charge is 0.455 e. The third-order valence-corrected chi connectivity index (χ3v) is 6.02. The molecule has 1 aromatic carbocycles. The molecule has 0 spiro atoms. The van der Waals surface area contributed by atoms with Crippen LogP contribution in [0.5, 0.6) is 0 Å². The summed E-state index contributed by atoms with van der Waals surface area (Å²) in [5.41, 5.74) is 5.73. The number of nitrogens with zero attached hydrogens (tertiary/aromatic N) is 2. The second-order valence-electron chi connectivity index (χ2n) is 8.57. The molecule has 0 saturated carbocycles. The summed E-state index contributed by atoms with van der Waals surface area (Å²) in [5, 5.41) is 4.07. The number of hydrogen-bond acceptors (Lipinski definition) is 6. The van der Waals surface area contributed by atoms with Gasteiger partial charge >= 0.3 is 0 Å². The molecule has 0 fully saturated rings. The Kier molecular flexibility index (Phi) is 5.74. The van der Waals surface area contributed by atoms with E-state index in [1.165, 1.54) is 6.07 Å². The highest BCUT2D eigenvalue weighted by atomic mass is 16.3. The Balaban J connectivity index is 1.63. The van der Waals surface area contributed by atoms with Crippen LogP contribution in [0.3, 0.4) is 0 Å². The van der Waals surface area contributed by atoms with E-state index < -0.39 is 0 Å².